The molecule has 2 unspecified atom stereocenters. The molecule has 0 aromatic heterocycles. The average molecular weight is 526 g/mol. The summed E-state index contributed by atoms with van der Waals surface area (Å²) >= 11 is 0. The van der Waals surface area contributed by atoms with Crippen LogP contribution in [0.4, 0.5) is 4.79 Å². The number of esters is 1. The number of benzene rings is 4. The molecule has 0 radical (unpaired) electrons. The van der Waals surface area contributed by atoms with E-state index in [1.54, 1.807) is 31.4 Å². The van der Waals surface area contributed by atoms with E-state index in [0.29, 0.717) is 37.4 Å². The fourth-order valence-corrected chi connectivity index (χ4v) is 5.02. The summed E-state index contributed by atoms with van der Waals surface area (Å²) in [6.45, 7) is 1.32. The quantitative estimate of drug-likeness (QED) is 0.274. The van der Waals surface area contributed by atoms with Gasteiger partial charge in [0.2, 0.25) is 0 Å². The van der Waals surface area contributed by atoms with E-state index in [-0.39, 0.29) is 18.6 Å². The molecule has 2 atom stereocenters. The van der Waals surface area contributed by atoms with Gasteiger partial charge in [-0.2, -0.15) is 0 Å². The van der Waals surface area contributed by atoms with Crippen molar-refractivity contribution in [1.82, 2.24) is 4.90 Å². The van der Waals surface area contributed by atoms with Crippen LogP contribution in [0.15, 0.2) is 91.0 Å². The van der Waals surface area contributed by atoms with Crippen molar-refractivity contribution in [1.29, 1.82) is 0 Å². The monoisotopic (exact) mass is 525 g/mol. The number of piperidine rings is 1. The number of amides is 1. The number of ether oxygens (including phenoxy) is 3. The highest BCUT2D eigenvalue weighted by Crippen LogP contribution is 2.32. The van der Waals surface area contributed by atoms with Crippen molar-refractivity contribution in [2.45, 2.75) is 31.7 Å². The van der Waals surface area contributed by atoms with Crippen LogP contribution in [0.3, 0.4) is 0 Å². The highest BCUT2D eigenvalue weighted by Gasteiger charge is 2.33. The maximum atomic E-state index is 12.4. The second-order valence-corrected chi connectivity index (χ2v) is 9.70. The zero-order valence-corrected chi connectivity index (χ0v) is 21.8. The van der Waals surface area contributed by atoms with Crippen LogP contribution in [-0.2, 0) is 22.7 Å². The van der Waals surface area contributed by atoms with Crippen molar-refractivity contribution in [2.75, 3.05) is 20.2 Å². The van der Waals surface area contributed by atoms with Gasteiger partial charge in [-0.15, -0.1) is 0 Å². The third-order valence-electron chi connectivity index (χ3n) is 7.19. The zero-order chi connectivity index (χ0) is 27.2. The molecule has 1 aliphatic rings. The molecule has 200 valence electrons. The molecule has 1 N–H and O–H groups in total. The lowest BCUT2D eigenvalue weighted by atomic mass is 9.86. The Morgan fingerprint density at radius 2 is 1.64 bits per heavy atom. The van der Waals surface area contributed by atoms with Gasteiger partial charge in [0.25, 0.3) is 0 Å². The molecule has 4 aromatic rings. The third kappa shape index (κ3) is 6.38. The average Bonchev–Trinajstić information content (AvgIpc) is 2.98. The first-order valence-corrected chi connectivity index (χ1v) is 13.0. The molecule has 1 saturated heterocycles. The minimum Gasteiger partial charge on any atom is -0.497 e. The summed E-state index contributed by atoms with van der Waals surface area (Å²) in [5, 5.41) is 11.9. The summed E-state index contributed by atoms with van der Waals surface area (Å²) in [6.07, 6.45) is -0.544. The van der Waals surface area contributed by atoms with Crippen molar-refractivity contribution in [3.8, 4) is 5.75 Å². The number of likely N-dealkylation sites (tertiary alicyclic amines) is 1. The van der Waals surface area contributed by atoms with Crippen LogP contribution in [0.1, 0.15) is 39.4 Å². The number of hydrogen-bond acceptors (Lipinski definition) is 5. The Kier molecular flexibility index (Phi) is 8.08. The number of nitrogens with zero attached hydrogens (tertiary/aromatic N) is 1. The van der Waals surface area contributed by atoms with Gasteiger partial charge in [0.05, 0.1) is 31.9 Å². The number of methoxy groups -OCH3 is 1. The fourth-order valence-electron chi connectivity index (χ4n) is 5.02. The SMILES string of the molecule is COc1cccc(C(=O)OCc2ccc(C3CCN(C(=O)O)CC3OCc3ccc4ccccc4c3)cc2)c1. The summed E-state index contributed by atoms with van der Waals surface area (Å²) in [5.41, 5.74) is 3.42. The number of carbonyl (C=O) groups is 2. The summed E-state index contributed by atoms with van der Waals surface area (Å²) in [4.78, 5) is 25.6. The van der Waals surface area contributed by atoms with E-state index in [1.807, 2.05) is 36.4 Å². The van der Waals surface area contributed by atoms with Crippen molar-refractivity contribution < 1.29 is 28.9 Å². The lowest BCUT2D eigenvalue weighted by Crippen LogP contribution is -2.46. The largest absolute Gasteiger partial charge is 0.497 e. The summed E-state index contributed by atoms with van der Waals surface area (Å²) in [6, 6.07) is 29.2. The van der Waals surface area contributed by atoms with Gasteiger partial charge in [-0.1, -0.05) is 66.7 Å². The van der Waals surface area contributed by atoms with E-state index >= 15 is 0 Å². The third-order valence-corrected chi connectivity index (χ3v) is 7.19. The Hall–Kier alpha value is -4.36. The molecule has 0 spiro atoms. The summed E-state index contributed by atoms with van der Waals surface area (Å²) < 4.78 is 17.0. The summed E-state index contributed by atoms with van der Waals surface area (Å²) in [7, 11) is 1.55. The predicted molar refractivity (Wildman–Crippen MR) is 148 cm³/mol. The molecule has 1 fully saturated rings. The van der Waals surface area contributed by atoms with Crippen LogP contribution < -0.4 is 4.74 Å². The van der Waals surface area contributed by atoms with Crippen molar-refractivity contribution in [2.24, 2.45) is 0 Å². The minimum absolute atomic E-state index is 0.0504. The maximum absolute atomic E-state index is 12.4. The molecule has 1 aliphatic heterocycles. The second-order valence-electron chi connectivity index (χ2n) is 9.70. The second kappa shape index (κ2) is 12.0. The number of hydrogen-bond donors (Lipinski definition) is 1. The van der Waals surface area contributed by atoms with E-state index in [0.717, 1.165) is 22.1 Å². The normalized spacial score (nSPS) is 17.1. The van der Waals surface area contributed by atoms with Gasteiger partial charge in [0.15, 0.2) is 0 Å². The molecule has 4 aromatic carbocycles. The van der Waals surface area contributed by atoms with Crippen LogP contribution in [0.25, 0.3) is 10.8 Å². The highest BCUT2D eigenvalue weighted by molar-refractivity contribution is 5.89. The molecule has 0 aliphatic carbocycles. The standard InChI is InChI=1S/C32H31NO6/c1-37-28-8-4-7-27(18-28)31(34)39-20-22-9-13-25(14-10-22)29-15-16-33(32(35)36)19-30(29)38-21-23-11-12-24-5-2-3-6-26(24)17-23/h2-14,17-18,29-30H,15-16,19-21H2,1H3,(H,35,36). The molecule has 1 amide bonds. The summed E-state index contributed by atoms with van der Waals surface area (Å²) in [5.74, 6) is 0.232. The molecule has 1 heterocycles. The first-order chi connectivity index (χ1) is 19.0. The molecular formula is C32H31NO6. The van der Waals surface area contributed by atoms with Crippen LogP contribution in [-0.4, -0.2) is 48.4 Å². The lowest BCUT2D eigenvalue weighted by Gasteiger charge is -2.37. The maximum Gasteiger partial charge on any atom is 0.407 e. The number of carboxylic acid groups (broad SMARTS) is 1. The van der Waals surface area contributed by atoms with Crippen molar-refractivity contribution >= 4 is 22.8 Å². The number of carbonyl (C=O) groups excluding carboxylic acids is 1. The van der Waals surface area contributed by atoms with E-state index in [9.17, 15) is 14.7 Å². The molecule has 7 nitrogen and oxygen atoms in total. The first-order valence-electron chi connectivity index (χ1n) is 13.0. The Labute approximate surface area is 227 Å². The topological polar surface area (TPSA) is 85.3 Å². The molecule has 7 heteroatoms. The van der Waals surface area contributed by atoms with Gasteiger partial charge in [-0.05, 0) is 58.1 Å². The van der Waals surface area contributed by atoms with E-state index < -0.39 is 12.1 Å². The van der Waals surface area contributed by atoms with Gasteiger partial charge < -0.3 is 24.2 Å². The molecule has 0 saturated carbocycles. The number of rotatable bonds is 8. The van der Waals surface area contributed by atoms with E-state index in [4.69, 9.17) is 14.2 Å². The van der Waals surface area contributed by atoms with Gasteiger partial charge in [0, 0.05) is 12.5 Å². The van der Waals surface area contributed by atoms with Gasteiger partial charge in [0.1, 0.15) is 12.4 Å². The van der Waals surface area contributed by atoms with E-state index in [2.05, 4.69) is 30.3 Å². The fraction of sp³-hybridized carbons (Fsp3) is 0.250. The van der Waals surface area contributed by atoms with Crippen molar-refractivity contribution in [3.05, 3.63) is 113 Å². The van der Waals surface area contributed by atoms with Gasteiger partial charge >= 0.3 is 12.1 Å². The van der Waals surface area contributed by atoms with E-state index in [1.165, 1.54) is 10.3 Å². The number of fused-ring (bicyclic) bond motifs is 1. The smallest absolute Gasteiger partial charge is 0.407 e. The molecular weight excluding hydrogens is 494 g/mol. The molecule has 0 bridgehead atoms. The Morgan fingerprint density at radius 3 is 2.41 bits per heavy atom. The van der Waals surface area contributed by atoms with Crippen LogP contribution in [0.5, 0.6) is 5.75 Å². The zero-order valence-electron chi connectivity index (χ0n) is 21.8. The lowest BCUT2D eigenvalue weighted by molar-refractivity contribution is -0.0199. The van der Waals surface area contributed by atoms with Crippen LogP contribution >= 0.6 is 0 Å². The predicted octanol–water partition coefficient (Wildman–Crippen LogP) is 6.26. The molecule has 5 rings (SSSR count). The van der Waals surface area contributed by atoms with Gasteiger partial charge in [-0.3, -0.25) is 0 Å². The Balaban J connectivity index is 1.24. The van der Waals surface area contributed by atoms with Crippen LogP contribution in [0.2, 0.25) is 0 Å². The highest BCUT2D eigenvalue weighted by atomic mass is 16.5. The minimum atomic E-state index is -0.930. The van der Waals surface area contributed by atoms with Gasteiger partial charge in [-0.25, -0.2) is 9.59 Å². The molecule has 39 heavy (non-hydrogen) atoms. The Morgan fingerprint density at radius 1 is 0.872 bits per heavy atom. The van der Waals surface area contributed by atoms with Crippen LogP contribution in [0, 0.1) is 0 Å². The Bertz CT molecular complexity index is 1450. The first kappa shape index (κ1) is 26.3. The van der Waals surface area contributed by atoms with Crippen molar-refractivity contribution in [3.63, 3.8) is 0 Å².